The summed E-state index contributed by atoms with van der Waals surface area (Å²) in [6.45, 7) is 6.02. The van der Waals surface area contributed by atoms with Crippen molar-refractivity contribution in [2.24, 2.45) is 0 Å². The summed E-state index contributed by atoms with van der Waals surface area (Å²) < 4.78 is 5.78. The van der Waals surface area contributed by atoms with Crippen molar-refractivity contribution < 1.29 is 9.53 Å². The first-order valence-electron chi connectivity index (χ1n) is 9.35. The predicted octanol–water partition coefficient (Wildman–Crippen LogP) is 4.00. The number of benzene rings is 2. The summed E-state index contributed by atoms with van der Waals surface area (Å²) in [6, 6.07) is 13.6. The molecule has 0 aromatic heterocycles. The molecule has 0 saturated carbocycles. The lowest BCUT2D eigenvalue weighted by Crippen LogP contribution is -2.48. The fourth-order valence-corrected chi connectivity index (χ4v) is 3.42. The van der Waals surface area contributed by atoms with Crippen LogP contribution >= 0.6 is 23.2 Å². The maximum atomic E-state index is 12.0. The second-order valence-electron chi connectivity index (χ2n) is 7.03. The molecule has 2 aromatic rings. The Balaban J connectivity index is 1.41. The molecule has 1 unspecified atom stereocenters. The van der Waals surface area contributed by atoms with Crippen molar-refractivity contribution in [2.75, 3.05) is 26.2 Å². The van der Waals surface area contributed by atoms with Gasteiger partial charge in [-0.1, -0.05) is 59.1 Å². The second-order valence-corrected chi connectivity index (χ2v) is 7.84. The highest BCUT2D eigenvalue weighted by Gasteiger charge is 2.21. The molecule has 2 N–H and O–H groups in total. The maximum absolute atomic E-state index is 12.0. The lowest BCUT2D eigenvalue weighted by atomic mass is 10.1. The largest absolute Gasteiger partial charge is 0.374 e. The zero-order valence-corrected chi connectivity index (χ0v) is 17.4. The van der Waals surface area contributed by atoms with Crippen molar-refractivity contribution in [1.29, 1.82) is 0 Å². The van der Waals surface area contributed by atoms with Gasteiger partial charge in [0.2, 0.25) is 0 Å². The van der Waals surface area contributed by atoms with Crippen LogP contribution in [0.5, 0.6) is 0 Å². The van der Waals surface area contributed by atoms with Gasteiger partial charge in [0.25, 0.3) is 0 Å². The van der Waals surface area contributed by atoms with E-state index >= 15 is 0 Å². The van der Waals surface area contributed by atoms with Crippen molar-refractivity contribution in [3.63, 3.8) is 0 Å². The summed E-state index contributed by atoms with van der Waals surface area (Å²) in [5, 5.41) is 6.90. The first-order valence-corrected chi connectivity index (χ1v) is 10.1. The van der Waals surface area contributed by atoms with Gasteiger partial charge in [0.1, 0.15) is 0 Å². The Bertz CT molecular complexity index is 799. The van der Waals surface area contributed by atoms with E-state index in [1.165, 1.54) is 5.56 Å². The van der Waals surface area contributed by atoms with Gasteiger partial charge < -0.3 is 15.4 Å². The first-order chi connectivity index (χ1) is 13.5. The highest BCUT2D eigenvalue weighted by molar-refractivity contribution is 6.42. The van der Waals surface area contributed by atoms with Gasteiger partial charge in [-0.2, -0.15) is 0 Å². The van der Waals surface area contributed by atoms with Gasteiger partial charge in [-0.3, -0.25) is 4.90 Å². The number of nitrogens with zero attached hydrogens (tertiary/aromatic N) is 1. The van der Waals surface area contributed by atoms with Gasteiger partial charge in [-0.05, 0) is 30.2 Å². The number of morpholine rings is 1. The first kappa shape index (κ1) is 20.9. The number of nitrogens with one attached hydrogen (secondary N) is 2. The number of amides is 2. The van der Waals surface area contributed by atoms with Crippen LogP contribution in [0.3, 0.4) is 0 Å². The van der Waals surface area contributed by atoms with E-state index in [9.17, 15) is 4.79 Å². The summed E-state index contributed by atoms with van der Waals surface area (Å²) >= 11 is 12.1. The van der Waals surface area contributed by atoms with Crippen molar-refractivity contribution in [3.05, 3.63) is 69.2 Å². The number of carbonyl (C=O) groups is 1. The van der Waals surface area contributed by atoms with Crippen LogP contribution in [0, 0.1) is 6.92 Å². The van der Waals surface area contributed by atoms with Gasteiger partial charge in [0.05, 0.1) is 22.8 Å². The van der Waals surface area contributed by atoms with E-state index in [0.717, 1.165) is 30.8 Å². The van der Waals surface area contributed by atoms with Gasteiger partial charge in [0, 0.05) is 32.7 Å². The Morgan fingerprint density at radius 3 is 2.61 bits per heavy atom. The minimum Gasteiger partial charge on any atom is -0.374 e. The molecule has 2 aromatic carbocycles. The van der Waals surface area contributed by atoms with Gasteiger partial charge in [-0.15, -0.1) is 0 Å². The van der Waals surface area contributed by atoms with Crippen LogP contribution in [-0.2, 0) is 17.8 Å². The molecule has 1 atom stereocenters. The Hall–Kier alpha value is -1.79. The number of urea groups is 1. The van der Waals surface area contributed by atoms with E-state index in [-0.39, 0.29) is 12.1 Å². The molecule has 150 valence electrons. The third-order valence-electron chi connectivity index (χ3n) is 4.68. The SMILES string of the molecule is Cc1ccc(CNC(=O)NCC2CN(Cc3ccc(Cl)c(Cl)c3)CCO2)cc1. The lowest BCUT2D eigenvalue weighted by molar-refractivity contribution is -0.0287. The Morgan fingerprint density at radius 2 is 1.86 bits per heavy atom. The molecule has 1 heterocycles. The molecule has 0 bridgehead atoms. The summed E-state index contributed by atoms with van der Waals surface area (Å²) in [7, 11) is 0. The summed E-state index contributed by atoms with van der Waals surface area (Å²) in [5.41, 5.74) is 3.38. The van der Waals surface area contributed by atoms with E-state index < -0.39 is 0 Å². The number of rotatable bonds is 6. The Morgan fingerprint density at radius 1 is 1.11 bits per heavy atom. The maximum Gasteiger partial charge on any atom is 0.315 e. The third-order valence-corrected chi connectivity index (χ3v) is 5.42. The molecule has 0 spiro atoms. The normalized spacial score (nSPS) is 17.3. The zero-order valence-electron chi connectivity index (χ0n) is 15.9. The molecule has 28 heavy (non-hydrogen) atoms. The van der Waals surface area contributed by atoms with Gasteiger partial charge in [-0.25, -0.2) is 4.79 Å². The standard InChI is InChI=1S/C21H25Cl2N3O2/c1-15-2-4-16(5-3-15)11-24-21(27)25-12-18-14-26(8-9-28-18)13-17-6-7-19(22)20(23)10-17/h2-7,10,18H,8-9,11-14H2,1H3,(H2,24,25,27). The fourth-order valence-electron chi connectivity index (χ4n) is 3.10. The van der Waals surface area contributed by atoms with Crippen molar-refractivity contribution >= 4 is 29.2 Å². The molecule has 1 saturated heterocycles. The van der Waals surface area contributed by atoms with Crippen molar-refractivity contribution in [1.82, 2.24) is 15.5 Å². The van der Waals surface area contributed by atoms with Crippen LogP contribution < -0.4 is 10.6 Å². The summed E-state index contributed by atoms with van der Waals surface area (Å²) in [5.74, 6) is 0. The molecule has 1 aliphatic heterocycles. The molecule has 2 amide bonds. The van der Waals surface area contributed by atoms with Crippen LogP contribution in [-0.4, -0.2) is 43.3 Å². The summed E-state index contributed by atoms with van der Waals surface area (Å²) in [4.78, 5) is 14.3. The van der Waals surface area contributed by atoms with Gasteiger partial charge >= 0.3 is 6.03 Å². The number of aryl methyl sites for hydroxylation is 1. The Labute approximate surface area is 176 Å². The van der Waals surface area contributed by atoms with Crippen molar-refractivity contribution in [2.45, 2.75) is 26.1 Å². The van der Waals surface area contributed by atoms with Gasteiger partial charge in [0.15, 0.2) is 0 Å². The molecule has 1 fully saturated rings. The second kappa shape index (κ2) is 10.1. The van der Waals surface area contributed by atoms with Crippen LogP contribution in [0.2, 0.25) is 10.0 Å². The van der Waals surface area contributed by atoms with Crippen molar-refractivity contribution in [3.8, 4) is 0 Å². The molecule has 5 nitrogen and oxygen atoms in total. The molecule has 3 rings (SSSR count). The number of hydrogen-bond acceptors (Lipinski definition) is 3. The monoisotopic (exact) mass is 421 g/mol. The Kier molecular flexibility index (Phi) is 7.57. The molecule has 0 radical (unpaired) electrons. The minimum atomic E-state index is -0.189. The topological polar surface area (TPSA) is 53.6 Å². The molecule has 1 aliphatic rings. The molecule has 7 heteroatoms. The van der Waals surface area contributed by atoms with E-state index in [0.29, 0.717) is 29.7 Å². The quantitative estimate of drug-likeness (QED) is 0.740. The van der Waals surface area contributed by atoms with Crippen LogP contribution in [0.1, 0.15) is 16.7 Å². The van der Waals surface area contributed by atoms with Crippen LogP contribution in [0.4, 0.5) is 4.79 Å². The number of ether oxygens (including phenoxy) is 1. The number of hydrogen-bond donors (Lipinski definition) is 2. The lowest BCUT2D eigenvalue weighted by Gasteiger charge is -2.33. The fraction of sp³-hybridized carbons (Fsp3) is 0.381. The number of carbonyl (C=O) groups excluding carboxylic acids is 1. The predicted molar refractivity (Wildman–Crippen MR) is 113 cm³/mol. The molecular weight excluding hydrogens is 397 g/mol. The van der Waals surface area contributed by atoms with Crippen LogP contribution in [0.15, 0.2) is 42.5 Å². The van der Waals surface area contributed by atoms with E-state index in [1.54, 1.807) is 0 Å². The van der Waals surface area contributed by atoms with Crippen LogP contribution in [0.25, 0.3) is 0 Å². The third kappa shape index (κ3) is 6.38. The minimum absolute atomic E-state index is 0.0401. The molecular formula is C21H25Cl2N3O2. The average molecular weight is 422 g/mol. The molecule has 0 aliphatic carbocycles. The highest BCUT2D eigenvalue weighted by atomic mass is 35.5. The number of halogens is 2. The van der Waals surface area contributed by atoms with E-state index in [1.807, 2.05) is 49.4 Å². The zero-order chi connectivity index (χ0) is 19.9. The average Bonchev–Trinajstić information content (AvgIpc) is 2.69. The summed E-state index contributed by atoms with van der Waals surface area (Å²) in [6.07, 6.45) is -0.0401. The van der Waals surface area contributed by atoms with E-state index in [2.05, 4.69) is 15.5 Å². The smallest absolute Gasteiger partial charge is 0.315 e. The van der Waals surface area contributed by atoms with E-state index in [4.69, 9.17) is 27.9 Å². The highest BCUT2D eigenvalue weighted by Crippen LogP contribution is 2.23.